The molecule has 0 N–H and O–H groups in total. The van der Waals surface area contributed by atoms with Crippen molar-refractivity contribution in [2.24, 2.45) is 7.05 Å². The first-order valence-corrected chi connectivity index (χ1v) is 12.2. The average molecular weight is 446 g/mol. The number of thiophene rings is 1. The molecule has 164 valence electrons. The highest BCUT2D eigenvalue weighted by atomic mass is 32.1. The average Bonchev–Trinajstić information content (AvgIpc) is 3.42. The minimum Gasteiger partial charge on any atom is -0.353 e. The fourth-order valence-electron chi connectivity index (χ4n) is 4.86. The zero-order valence-electron chi connectivity index (χ0n) is 18.4. The molecular formula is C24H27N7S. The van der Waals surface area contributed by atoms with E-state index in [1.54, 1.807) is 6.20 Å². The molecule has 0 bridgehead atoms. The molecule has 8 heteroatoms. The van der Waals surface area contributed by atoms with Gasteiger partial charge in [-0.3, -0.25) is 9.88 Å². The van der Waals surface area contributed by atoms with E-state index in [0.29, 0.717) is 0 Å². The summed E-state index contributed by atoms with van der Waals surface area (Å²) in [6.07, 6.45) is 12.4. The molecule has 0 saturated carbocycles. The molecule has 4 aromatic rings. The maximum Gasteiger partial charge on any atom is 0.164 e. The van der Waals surface area contributed by atoms with E-state index in [4.69, 9.17) is 9.97 Å². The Morgan fingerprint density at radius 2 is 1.91 bits per heavy atom. The molecule has 5 heterocycles. The van der Waals surface area contributed by atoms with Gasteiger partial charge in [0, 0.05) is 68.5 Å². The zero-order valence-corrected chi connectivity index (χ0v) is 19.2. The number of rotatable bonds is 4. The van der Waals surface area contributed by atoms with Crippen LogP contribution in [0.15, 0.2) is 36.9 Å². The van der Waals surface area contributed by atoms with Crippen LogP contribution in [0.5, 0.6) is 0 Å². The molecule has 0 aromatic carbocycles. The predicted octanol–water partition coefficient (Wildman–Crippen LogP) is 3.69. The molecule has 1 fully saturated rings. The minimum atomic E-state index is 0.787. The number of aromatic nitrogens is 5. The summed E-state index contributed by atoms with van der Waals surface area (Å²) in [6.45, 7) is 4.84. The van der Waals surface area contributed by atoms with Gasteiger partial charge < -0.3 is 9.47 Å². The highest BCUT2D eigenvalue weighted by Crippen LogP contribution is 2.41. The van der Waals surface area contributed by atoms with Gasteiger partial charge in [0.1, 0.15) is 16.5 Å². The van der Waals surface area contributed by atoms with E-state index in [1.807, 2.05) is 36.0 Å². The molecule has 4 aromatic heterocycles. The Morgan fingerprint density at radius 3 is 2.69 bits per heavy atom. The molecule has 32 heavy (non-hydrogen) atoms. The van der Waals surface area contributed by atoms with Crippen molar-refractivity contribution in [3.05, 3.63) is 53.2 Å². The van der Waals surface area contributed by atoms with Gasteiger partial charge in [0.15, 0.2) is 5.82 Å². The lowest BCUT2D eigenvalue weighted by atomic mass is 9.96. The second kappa shape index (κ2) is 8.26. The SMILES string of the molecule is Cn1ccnc1CN1CCN(c2nc(-c3cccnc3)nc3sc4c(c23)CCCC4)CC1. The van der Waals surface area contributed by atoms with Crippen molar-refractivity contribution in [3.63, 3.8) is 0 Å². The summed E-state index contributed by atoms with van der Waals surface area (Å²) in [5.41, 5.74) is 2.48. The van der Waals surface area contributed by atoms with E-state index in [2.05, 4.69) is 37.4 Å². The summed E-state index contributed by atoms with van der Waals surface area (Å²) in [5.74, 6) is 3.02. The Labute approximate surface area is 191 Å². The first-order valence-electron chi connectivity index (χ1n) is 11.4. The van der Waals surface area contributed by atoms with Gasteiger partial charge in [-0.15, -0.1) is 11.3 Å². The van der Waals surface area contributed by atoms with E-state index < -0.39 is 0 Å². The number of anilines is 1. The quantitative estimate of drug-likeness (QED) is 0.477. The van der Waals surface area contributed by atoms with E-state index in [1.165, 1.54) is 35.1 Å². The van der Waals surface area contributed by atoms with E-state index in [0.717, 1.165) is 67.0 Å². The number of hydrogen-bond acceptors (Lipinski definition) is 7. The van der Waals surface area contributed by atoms with Crippen molar-refractivity contribution >= 4 is 27.4 Å². The summed E-state index contributed by atoms with van der Waals surface area (Å²) >= 11 is 1.87. The van der Waals surface area contributed by atoms with Gasteiger partial charge in [-0.2, -0.15) is 0 Å². The molecule has 2 aliphatic rings. The molecule has 6 rings (SSSR count). The van der Waals surface area contributed by atoms with Crippen molar-refractivity contribution < 1.29 is 0 Å². The van der Waals surface area contributed by atoms with Gasteiger partial charge in [-0.1, -0.05) is 0 Å². The van der Waals surface area contributed by atoms with Crippen LogP contribution in [-0.2, 0) is 26.4 Å². The van der Waals surface area contributed by atoms with E-state index >= 15 is 0 Å². The van der Waals surface area contributed by atoms with E-state index in [-0.39, 0.29) is 0 Å². The first-order chi connectivity index (χ1) is 15.8. The Morgan fingerprint density at radius 1 is 1.03 bits per heavy atom. The smallest absolute Gasteiger partial charge is 0.164 e. The van der Waals surface area contributed by atoms with Gasteiger partial charge in [0.05, 0.1) is 11.9 Å². The Hall–Kier alpha value is -2.84. The molecule has 0 atom stereocenters. The van der Waals surface area contributed by atoms with Crippen molar-refractivity contribution in [3.8, 4) is 11.4 Å². The lowest BCUT2D eigenvalue weighted by molar-refractivity contribution is 0.241. The van der Waals surface area contributed by atoms with Crippen LogP contribution >= 0.6 is 11.3 Å². The molecule has 7 nitrogen and oxygen atoms in total. The van der Waals surface area contributed by atoms with Crippen molar-refractivity contribution in [1.82, 2.24) is 29.4 Å². The summed E-state index contributed by atoms with van der Waals surface area (Å²) in [6, 6.07) is 4.01. The molecule has 0 radical (unpaired) electrons. The third-order valence-corrected chi connectivity index (χ3v) is 7.86. The van der Waals surface area contributed by atoms with Gasteiger partial charge >= 0.3 is 0 Å². The summed E-state index contributed by atoms with van der Waals surface area (Å²) in [7, 11) is 2.07. The maximum absolute atomic E-state index is 5.14. The summed E-state index contributed by atoms with van der Waals surface area (Å²) in [5, 5.41) is 1.30. The van der Waals surface area contributed by atoms with Crippen LogP contribution in [0.3, 0.4) is 0 Å². The zero-order chi connectivity index (χ0) is 21.5. The third-order valence-electron chi connectivity index (χ3n) is 6.67. The number of fused-ring (bicyclic) bond motifs is 3. The molecule has 0 spiro atoms. The largest absolute Gasteiger partial charge is 0.353 e. The number of aryl methyl sites for hydroxylation is 3. The molecule has 1 aliphatic carbocycles. The van der Waals surface area contributed by atoms with Crippen molar-refractivity contribution in [2.45, 2.75) is 32.2 Å². The number of imidazole rings is 1. The lowest BCUT2D eigenvalue weighted by Crippen LogP contribution is -2.46. The Bertz CT molecular complexity index is 1240. The number of piperazine rings is 1. The second-order valence-corrected chi connectivity index (χ2v) is 9.80. The molecule has 1 saturated heterocycles. The summed E-state index contributed by atoms with van der Waals surface area (Å²) in [4.78, 5) is 26.5. The van der Waals surface area contributed by atoms with Gasteiger partial charge in [-0.05, 0) is 43.4 Å². The van der Waals surface area contributed by atoms with Crippen molar-refractivity contribution in [2.75, 3.05) is 31.1 Å². The van der Waals surface area contributed by atoms with Crippen LogP contribution in [0.4, 0.5) is 5.82 Å². The fraction of sp³-hybridized carbons (Fsp3) is 0.417. The van der Waals surface area contributed by atoms with Crippen molar-refractivity contribution in [1.29, 1.82) is 0 Å². The van der Waals surface area contributed by atoms with Gasteiger partial charge in [0.2, 0.25) is 0 Å². The molecular weight excluding hydrogens is 418 g/mol. The Balaban J connectivity index is 1.34. The highest BCUT2D eigenvalue weighted by molar-refractivity contribution is 7.19. The minimum absolute atomic E-state index is 0.787. The van der Waals surface area contributed by atoms with Crippen LogP contribution in [0.2, 0.25) is 0 Å². The third kappa shape index (κ3) is 3.57. The highest BCUT2D eigenvalue weighted by Gasteiger charge is 2.26. The molecule has 1 aliphatic heterocycles. The number of nitrogens with zero attached hydrogens (tertiary/aromatic N) is 7. The van der Waals surface area contributed by atoms with Crippen LogP contribution in [0.25, 0.3) is 21.6 Å². The molecule has 0 unspecified atom stereocenters. The molecule has 0 amide bonds. The number of hydrogen-bond donors (Lipinski definition) is 0. The van der Waals surface area contributed by atoms with Gasteiger partial charge in [-0.25, -0.2) is 15.0 Å². The second-order valence-electron chi connectivity index (χ2n) is 8.72. The topological polar surface area (TPSA) is 63.0 Å². The standard InChI is InChI=1S/C24H27N7S/c1-29-10-9-26-20(29)16-30-11-13-31(14-12-30)23-21-18-6-2-3-7-19(18)32-24(21)28-22(27-23)17-5-4-8-25-15-17/h4-5,8-10,15H,2-3,6-7,11-14,16H2,1H3. The predicted molar refractivity (Wildman–Crippen MR) is 128 cm³/mol. The number of pyridine rings is 1. The Kier molecular flexibility index (Phi) is 5.11. The van der Waals surface area contributed by atoms with Gasteiger partial charge in [0.25, 0.3) is 0 Å². The van der Waals surface area contributed by atoms with Crippen LogP contribution in [-0.4, -0.2) is 55.6 Å². The van der Waals surface area contributed by atoms with Crippen LogP contribution in [0, 0.1) is 0 Å². The first kappa shape index (κ1) is 19.8. The van der Waals surface area contributed by atoms with E-state index in [9.17, 15) is 0 Å². The lowest BCUT2D eigenvalue weighted by Gasteiger charge is -2.35. The van der Waals surface area contributed by atoms with Crippen LogP contribution < -0.4 is 4.90 Å². The fourth-order valence-corrected chi connectivity index (χ4v) is 6.11. The monoisotopic (exact) mass is 445 g/mol. The normalized spacial score (nSPS) is 17.1. The van der Waals surface area contributed by atoms with Crippen LogP contribution in [0.1, 0.15) is 29.1 Å². The summed E-state index contributed by atoms with van der Waals surface area (Å²) < 4.78 is 2.11. The maximum atomic E-state index is 5.14.